The largest absolute Gasteiger partial charge is 0.353 e. The second-order valence-electron chi connectivity index (χ2n) is 11.8. The Hall–Kier alpha value is -5.67. The topological polar surface area (TPSA) is 123 Å². The number of aromatic amines is 1. The van der Waals surface area contributed by atoms with Gasteiger partial charge in [-0.1, -0.05) is 5.92 Å². The van der Waals surface area contributed by atoms with E-state index in [2.05, 4.69) is 41.3 Å². The van der Waals surface area contributed by atoms with Gasteiger partial charge in [-0.3, -0.25) is 19.6 Å². The fourth-order valence-corrected chi connectivity index (χ4v) is 6.19. The number of anilines is 2. The van der Waals surface area contributed by atoms with Gasteiger partial charge in [0.2, 0.25) is 11.8 Å². The molecular formula is C35H32FN9O2. The number of carbonyl (C=O) groups excluding carboxylic acids is 2. The first kappa shape index (κ1) is 30.0. The Kier molecular flexibility index (Phi) is 8.05. The van der Waals surface area contributed by atoms with Crippen molar-refractivity contribution in [2.45, 2.75) is 6.42 Å². The SMILES string of the molecule is C#CC1(C(=O)Nc2ccc3[nH]nc(-c4ccc(F)cc4)c3c2)CCN(CC(=O)N2CCN(c3ccc(-c4ncccn4)cn3)CC2)C1. The third kappa shape index (κ3) is 6.13. The van der Waals surface area contributed by atoms with E-state index in [-0.39, 0.29) is 30.7 Å². The number of carbonyl (C=O) groups is 2. The highest BCUT2D eigenvalue weighted by atomic mass is 19.1. The molecule has 2 N–H and O–H groups in total. The molecule has 5 heterocycles. The Morgan fingerprint density at radius 3 is 2.45 bits per heavy atom. The third-order valence-corrected chi connectivity index (χ3v) is 8.88. The van der Waals surface area contributed by atoms with Gasteiger partial charge >= 0.3 is 0 Å². The summed E-state index contributed by atoms with van der Waals surface area (Å²) in [6.45, 7) is 3.52. The fraction of sp³-hybridized carbons (Fsp3) is 0.257. The summed E-state index contributed by atoms with van der Waals surface area (Å²) in [6.07, 6.45) is 11.6. The Labute approximate surface area is 270 Å². The molecule has 47 heavy (non-hydrogen) atoms. The maximum atomic E-state index is 13.6. The van der Waals surface area contributed by atoms with Crippen molar-refractivity contribution in [3.8, 4) is 35.0 Å². The van der Waals surface area contributed by atoms with E-state index in [9.17, 15) is 14.0 Å². The summed E-state index contributed by atoms with van der Waals surface area (Å²) >= 11 is 0. The zero-order valence-corrected chi connectivity index (χ0v) is 25.6. The van der Waals surface area contributed by atoms with Crippen LogP contribution < -0.4 is 10.2 Å². The summed E-state index contributed by atoms with van der Waals surface area (Å²) in [5, 5.41) is 11.2. The second-order valence-corrected chi connectivity index (χ2v) is 11.8. The van der Waals surface area contributed by atoms with E-state index in [1.165, 1.54) is 12.1 Å². The van der Waals surface area contributed by atoms with Gasteiger partial charge in [-0.25, -0.2) is 19.3 Å². The molecule has 2 aliphatic heterocycles. The molecule has 0 aliphatic carbocycles. The van der Waals surface area contributed by atoms with Crippen LogP contribution in [0, 0.1) is 23.6 Å². The number of nitrogens with zero attached hydrogens (tertiary/aromatic N) is 7. The summed E-state index contributed by atoms with van der Waals surface area (Å²) < 4.78 is 13.5. The Morgan fingerprint density at radius 2 is 1.72 bits per heavy atom. The molecule has 0 spiro atoms. The van der Waals surface area contributed by atoms with Crippen LogP contribution in [0.15, 0.2) is 79.3 Å². The van der Waals surface area contributed by atoms with E-state index in [1.54, 1.807) is 42.9 Å². The molecule has 1 unspecified atom stereocenters. The smallest absolute Gasteiger partial charge is 0.244 e. The van der Waals surface area contributed by atoms with Gasteiger partial charge < -0.3 is 15.1 Å². The van der Waals surface area contributed by atoms with Crippen LogP contribution in [0.5, 0.6) is 0 Å². The van der Waals surface area contributed by atoms with Gasteiger partial charge in [0.1, 0.15) is 17.1 Å². The highest BCUT2D eigenvalue weighted by molar-refractivity contribution is 6.01. The number of halogens is 1. The summed E-state index contributed by atoms with van der Waals surface area (Å²) in [5.41, 5.74) is 2.55. The van der Waals surface area contributed by atoms with Gasteiger partial charge in [-0.2, -0.15) is 5.10 Å². The number of piperazine rings is 1. The van der Waals surface area contributed by atoms with Crippen molar-refractivity contribution in [3.05, 3.63) is 85.1 Å². The molecule has 1 atom stereocenters. The number of rotatable bonds is 7. The number of benzene rings is 2. The molecule has 2 fully saturated rings. The monoisotopic (exact) mass is 629 g/mol. The van der Waals surface area contributed by atoms with Crippen molar-refractivity contribution < 1.29 is 14.0 Å². The molecule has 0 saturated carbocycles. The van der Waals surface area contributed by atoms with Gasteiger partial charge in [0.25, 0.3) is 0 Å². The Balaban J connectivity index is 0.941. The zero-order valence-electron chi connectivity index (χ0n) is 25.6. The lowest BCUT2D eigenvalue weighted by Crippen LogP contribution is -2.51. The number of hydrogen-bond acceptors (Lipinski definition) is 8. The fourth-order valence-electron chi connectivity index (χ4n) is 6.19. The molecule has 11 nitrogen and oxygen atoms in total. The zero-order chi connectivity index (χ0) is 32.4. The molecule has 3 aromatic heterocycles. The quantitative estimate of drug-likeness (QED) is 0.261. The molecule has 5 aromatic rings. The first-order chi connectivity index (χ1) is 22.9. The minimum Gasteiger partial charge on any atom is -0.353 e. The lowest BCUT2D eigenvalue weighted by atomic mass is 9.87. The number of nitrogens with one attached hydrogen (secondary N) is 2. The highest BCUT2D eigenvalue weighted by Gasteiger charge is 2.44. The van der Waals surface area contributed by atoms with Crippen molar-refractivity contribution in [3.63, 3.8) is 0 Å². The van der Waals surface area contributed by atoms with Gasteiger partial charge in [0.05, 0.1) is 17.8 Å². The van der Waals surface area contributed by atoms with E-state index in [0.29, 0.717) is 56.4 Å². The molecule has 236 valence electrons. The normalized spacial score (nSPS) is 18.3. The Morgan fingerprint density at radius 1 is 0.957 bits per heavy atom. The maximum absolute atomic E-state index is 13.6. The molecule has 12 heteroatoms. The number of aromatic nitrogens is 5. The number of hydrogen-bond donors (Lipinski definition) is 2. The lowest BCUT2D eigenvalue weighted by Gasteiger charge is -2.36. The van der Waals surface area contributed by atoms with Crippen LogP contribution in [0.1, 0.15) is 6.42 Å². The van der Waals surface area contributed by atoms with Crippen LogP contribution in [-0.2, 0) is 9.59 Å². The van der Waals surface area contributed by atoms with Gasteiger partial charge in [0, 0.05) is 80.1 Å². The molecule has 0 radical (unpaired) electrons. The van der Waals surface area contributed by atoms with Crippen LogP contribution in [-0.4, -0.2) is 92.6 Å². The van der Waals surface area contributed by atoms with E-state index < -0.39 is 5.41 Å². The summed E-state index contributed by atoms with van der Waals surface area (Å²) in [7, 11) is 0. The number of terminal acetylenes is 1. The standard InChI is InChI=1S/C35H32FN9O2/c1-2-35(34(47)40-27-9-10-29-28(20-27)32(42-41-29)24-4-7-26(36)8-5-24)12-15-43(23-35)22-31(46)45-18-16-44(17-19-45)30-11-6-25(21-39-30)33-37-13-3-14-38-33/h1,3-11,13-14,20-21H,12,15-19,22-23H2,(H,40,47)(H,41,42). The van der Waals surface area contributed by atoms with E-state index >= 15 is 0 Å². The van der Waals surface area contributed by atoms with Crippen molar-refractivity contribution in [2.75, 3.05) is 56.0 Å². The van der Waals surface area contributed by atoms with Crippen LogP contribution in [0.25, 0.3) is 33.5 Å². The van der Waals surface area contributed by atoms with E-state index in [0.717, 1.165) is 27.8 Å². The molecule has 2 aliphatic rings. The van der Waals surface area contributed by atoms with Gasteiger partial charge in [-0.05, 0) is 67.1 Å². The highest BCUT2D eigenvalue weighted by Crippen LogP contribution is 2.33. The average molecular weight is 630 g/mol. The van der Waals surface area contributed by atoms with E-state index in [1.807, 2.05) is 34.1 Å². The number of fused-ring (bicyclic) bond motifs is 1. The van der Waals surface area contributed by atoms with Crippen LogP contribution in [0.2, 0.25) is 0 Å². The minimum atomic E-state index is -1.06. The van der Waals surface area contributed by atoms with Crippen molar-refractivity contribution >= 4 is 34.2 Å². The van der Waals surface area contributed by atoms with E-state index in [4.69, 9.17) is 6.42 Å². The molecule has 0 bridgehead atoms. The molecule has 2 amide bonds. The predicted octanol–water partition coefficient (Wildman–Crippen LogP) is 3.83. The number of likely N-dealkylation sites (tertiary alicyclic amines) is 1. The first-order valence-electron chi connectivity index (χ1n) is 15.4. The average Bonchev–Trinajstić information content (AvgIpc) is 3.74. The summed E-state index contributed by atoms with van der Waals surface area (Å²) in [5.74, 6) is 3.62. The van der Waals surface area contributed by atoms with Crippen LogP contribution >= 0.6 is 0 Å². The van der Waals surface area contributed by atoms with Crippen molar-refractivity contribution in [1.82, 2.24) is 34.9 Å². The minimum absolute atomic E-state index is 0.0149. The second kappa shape index (κ2) is 12.6. The van der Waals surface area contributed by atoms with Gasteiger partial charge in [-0.15, -0.1) is 6.42 Å². The number of pyridine rings is 1. The first-order valence-corrected chi connectivity index (χ1v) is 15.4. The van der Waals surface area contributed by atoms with Crippen molar-refractivity contribution in [2.24, 2.45) is 5.41 Å². The Bertz CT molecular complexity index is 1950. The summed E-state index contributed by atoms with van der Waals surface area (Å²) in [4.78, 5) is 46.0. The predicted molar refractivity (Wildman–Crippen MR) is 176 cm³/mol. The number of H-pyrrole nitrogens is 1. The molecule has 2 saturated heterocycles. The lowest BCUT2D eigenvalue weighted by molar-refractivity contribution is -0.133. The van der Waals surface area contributed by atoms with Crippen molar-refractivity contribution in [1.29, 1.82) is 0 Å². The number of amides is 2. The van der Waals surface area contributed by atoms with Crippen LogP contribution in [0.3, 0.4) is 0 Å². The maximum Gasteiger partial charge on any atom is 0.244 e. The van der Waals surface area contributed by atoms with Crippen LogP contribution in [0.4, 0.5) is 15.9 Å². The van der Waals surface area contributed by atoms with Gasteiger partial charge in [0.15, 0.2) is 5.82 Å². The molecule has 7 rings (SSSR count). The molecule has 2 aromatic carbocycles. The third-order valence-electron chi connectivity index (χ3n) is 8.88. The molecular weight excluding hydrogens is 597 g/mol. The summed E-state index contributed by atoms with van der Waals surface area (Å²) in [6, 6.07) is 17.2.